The van der Waals surface area contributed by atoms with Crippen LogP contribution in [-0.2, 0) is 11.2 Å². The fraction of sp³-hybridized carbons (Fsp3) is 0.333. The molecule has 1 aromatic heterocycles. The minimum absolute atomic E-state index is 0.127. The van der Waals surface area contributed by atoms with Gasteiger partial charge in [0.2, 0.25) is 0 Å². The van der Waals surface area contributed by atoms with Crippen molar-refractivity contribution in [2.45, 2.75) is 32.2 Å². The monoisotopic (exact) mass is 359 g/mol. The number of nitrogens with zero attached hydrogens (tertiary/aromatic N) is 1. The second-order valence-corrected chi connectivity index (χ2v) is 6.05. The van der Waals surface area contributed by atoms with Crippen molar-refractivity contribution in [2.75, 3.05) is 7.11 Å². The maximum atomic E-state index is 12.4. The first kappa shape index (κ1) is 19.2. The summed E-state index contributed by atoms with van der Waals surface area (Å²) in [5, 5.41) is 11.7. The number of rotatable bonds is 7. The van der Waals surface area contributed by atoms with Crippen molar-refractivity contribution in [3.8, 4) is 5.75 Å². The highest BCUT2D eigenvalue weighted by Crippen LogP contribution is 2.14. The number of hydrogen-bond acceptors (Lipinski definition) is 5. The van der Waals surface area contributed by atoms with E-state index in [1.165, 1.54) is 6.92 Å². The van der Waals surface area contributed by atoms with Gasteiger partial charge in [0.05, 0.1) is 7.11 Å². The topological polar surface area (TPSA) is 121 Å². The molecule has 0 bridgehead atoms. The molecule has 1 unspecified atom stereocenters. The van der Waals surface area contributed by atoms with Crippen LogP contribution in [0.1, 0.15) is 42.1 Å². The van der Waals surface area contributed by atoms with Crippen LogP contribution >= 0.6 is 0 Å². The van der Waals surface area contributed by atoms with Crippen molar-refractivity contribution in [3.63, 3.8) is 0 Å². The molecular weight excluding hydrogens is 338 g/mol. The summed E-state index contributed by atoms with van der Waals surface area (Å²) in [4.78, 5) is 42.3. The number of carbonyl (C=O) groups excluding carboxylic acids is 1. The van der Waals surface area contributed by atoms with Gasteiger partial charge in [-0.05, 0) is 31.0 Å². The molecule has 138 valence electrons. The van der Waals surface area contributed by atoms with E-state index in [2.05, 4.69) is 15.3 Å². The van der Waals surface area contributed by atoms with Crippen molar-refractivity contribution in [1.82, 2.24) is 15.3 Å². The van der Waals surface area contributed by atoms with Crippen molar-refractivity contribution < 1.29 is 19.4 Å². The third-order valence-electron chi connectivity index (χ3n) is 4.12. The first-order valence-corrected chi connectivity index (χ1v) is 8.06. The number of ether oxygens (including phenoxy) is 1. The van der Waals surface area contributed by atoms with Crippen LogP contribution in [0.25, 0.3) is 0 Å². The number of aromatic nitrogens is 2. The Morgan fingerprint density at radius 3 is 2.50 bits per heavy atom. The highest BCUT2D eigenvalue weighted by atomic mass is 16.5. The van der Waals surface area contributed by atoms with E-state index in [0.717, 1.165) is 11.6 Å². The van der Waals surface area contributed by atoms with E-state index in [4.69, 9.17) is 4.74 Å². The van der Waals surface area contributed by atoms with Gasteiger partial charge in [0, 0.05) is 12.5 Å². The number of benzene rings is 1. The minimum atomic E-state index is -1.43. The van der Waals surface area contributed by atoms with E-state index >= 15 is 0 Å². The maximum Gasteiger partial charge on any atom is 0.329 e. The molecule has 8 heteroatoms. The van der Waals surface area contributed by atoms with Gasteiger partial charge in [0.1, 0.15) is 22.8 Å². The van der Waals surface area contributed by atoms with Gasteiger partial charge in [-0.3, -0.25) is 9.59 Å². The molecule has 2 rings (SSSR count). The zero-order valence-corrected chi connectivity index (χ0v) is 14.8. The molecule has 1 aromatic carbocycles. The summed E-state index contributed by atoms with van der Waals surface area (Å²) < 4.78 is 5.09. The molecule has 26 heavy (non-hydrogen) atoms. The number of aliphatic carboxylic acids is 1. The van der Waals surface area contributed by atoms with E-state index in [-0.39, 0.29) is 12.1 Å². The van der Waals surface area contributed by atoms with Crippen LogP contribution in [0, 0.1) is 0 Å². The van der Waals surface area contributed by atoms with Gasteiger partial charge in [-0.15, -0.1) is 0 Å². The molecule has 0 radical (unpaired) electrons. The number of H-pyrrole nitrogens is 1. The highest BCUT2D eigenvalue weighted by Gasteiger charge is 2.33. The fourth-order valence-corrected chi connectivity index (χ4v) is 2.25. The molecule has 0 aliphatic rings. The van der Waals surface area contributed by atoms with Gasteiger partial charge >= 0.3 is 5.97 Å². The molecule has 3 N–H and O–H groups in total. The summed E-state index contributed by atoms with van der Waals surface area (Å²) in [6.45, 7) is 3.05. The Balaban J connectivity index is 2.24. The fourth-order valence-electron chi connectivity index (χ4n) is 2.25. The van der Waals surface area contributed by atoms with Crippen LogP contribution in [0.15, 0.2) is 35.1 Å². The zero-order chi connectivity index (χ0) is 19.3. The molecule has 8 nitrogen and oxygen atoms in total. The van der Waals surface area contributed by atoms with Crippen molar-refractivity contribution in [1.29, 1.82) is 0 Å². The predicted molar refractivity (Wildman–Crippen MR) is 94.5 cm³/mol. The van der Waals surface area contributed by atoms with E-state index in [1.54, 1.807) is 26.2 Å². The van der Waals surface area contributed by atoms with Gasteiger partial charge in [0.25, 0.3) is 11.5 Å². The third-order valence-corrected chi connectivity index (χ3v) is 4.12. The normalized spacial score (nSPS) is 12.9. The van der Waals surface area contributed by atoms with Crippen molar-refractivity contribution in [3.05, 3.63) is 57.8 Å². The van der Waals surface area contributed by atoms with Crippen molar-refractivity contribution >= 4 is 11.9 Å². The number of hydrogen-bond donors (Lipinski definition) is 3. The van der Waals surface area contributed by atoms with Gasteiger partial charge in [-0.2, -0.15) is 0 Å². The Morgan fingerprint density at radius 2 is 1.96 bits per heavy atom. The summed E-state index contributed by atoms with van der Waals surface area (Å²) in [5.74, 6) is -0.854. The van der Waals surface area contributed by atoms with Gasteiger partial charge in [-0.25, -0.2) is 9.78 Å². The Labute approximate surface area is 150 Å². The summed E-state index contributed by atoms with van der Waals surface area (Å²) in [6.07, 6.45) is 0.500. The lowest BCUT2D eigenvalue weighted by Gasteiger charge is -2.24. The number of carbonyl (C=O) groups is 2. The minimum Gasteiger partial charge on any atom is -0.497 e. The first-order chi connectivity index (χ1) is 12.3. The molecule has 0 fully saturated rings. The summed E-state index contributed by atoms with van der Waals surface area (Å²) in [7, 11) is 1.57. The van der Waals surface area contributed by atoms with E-state index in [0.29, 0.717) is 18.0 Å². The smallest absolute Gasteiger partial charge is 0.329 e. The molecule has 0 spiro atoms. The lowest BCUT2D eigenvalue weighted by Crippen LogP contribution is -2.52. The third kappa shape index (κ3) is 4.47. The van der Waals surface area contributed by atoms with Crippen LogP contribution in [0.3, 0.4) is 0 Å². The zero-order valence-electron chi connectivity index (χ0n) is 14.8. The molecule has 0 saturated heterocycles. The number of nitrogens with one attached hydrogen (secondary N) is 2. The molecule has 1 amide bonds. The maximum absolute atomic E-state index is 12.4. The Morgan fingerprint density at radius 1 is 1.31 bits per heavy atom. The number of methoxy groups -OCH3 is 1. The Hall–Kier alpha value is -3.16. The number of aromatic amines is 1. The second kappa shape index (κ2) is 7.81. The standard InChI is InChI=1S/C18H21N3O5/c1-4-18(2,17(24)25)21-16(23)13-10-15(22)20-14(19-13)9-11-5-7-12(26-3)8-6-11/h5-8,10H,4,9H2,1-3H3,(H,21,23)(H,24,25)(H,19,20,22). The van der Waals surface area contributed by atoms with Gasteiger partial charge in [0.15, 0.2) is 0 Å². The first-order valence-electron chi connectivity index (χ1n) is 8.06. The highest BCUT2D eigenvalue weighted by molar-refractivity contribution is 5.96. The summed E-state index contributed by atoms with van der Waals surface area (Å²) in [5.41, 5.74) is -1.17. The van der Waals surface area contributed by atoms with Gasteiger partial charge < -0.3 is 20.1 Å². The van der Waals surface area contributed by atoms with E-state index in [9.17, 15) is 19.5 Å². The Kier molecular flexibility index (Phi) is 5.76. The molecule has 0 saturated carbocycles. The average Bonchev–Trinajstić information content (AvgIpc) is 2.61. The Bertz CT molecular complexity index is 860. The lowest BCUT2D eigenvalue weighted by molar-refractivity contribution is -0.143. The molecule has 0 aliphatic heterocycles. The molecule has 1 heterocycles. The SMILES string of the molecule is CCC(C)(NC(=O)c1cc(=O)[nH]c(Cc2ccc(OC)cc2)n1)C(=O)O. The van der Waals surface area contributed by atoms with Crippen LogP contribution in [-0.4, -0.2) is 39.6 Å². The van der Waals surface area contributed by atoms with Crippen LogP contribution < -0.4 is 15.6 Å². The number of carboxylic acids is 1. The lowest BCUT2D eigenvalue weighted by atomic mass is 9.99. The molecule has 1 atom stereocenters. The number of amides is 1. The predicted octanol–water partition coefficient (Wildman–Crippen LogP) is 1.35. The van der Waals surface area contributed by atoms with Crippen LogP contribution in [0.4, 0.5) is 0 Å². The summed E-state index contributed by atoms with van der Waals surface area (Å²) in [6, 6.07) is 8.26. The average molecular weight is 359 g/mol. The second-order valence-electron chi connectivity index (χ2n) is 6.05. The molecule has 2 aromatic rings. The van der Waals surface area contributed by atoms with Crippen LogP contribution in [0.2, 0.25) is 0 Å². The van der Waals surface area contributed by atoms with Gasteiger partial charge in [-0.1, -0.05) is 19.1 Å². The number of carboxylic acid groups (broad SMARTS) is 1. The molecule has 0 aliphatic carbocycles. The largest absolute Gasteiger partial charge is 0.497 e. The van der Waals surface area contributed by atoms with E-state index in [1.807, 2.05) is 12.1 Å². The van der Waals surface area contributed by atoms with Crippen LogP contribution in [0.5, 0.6) is 5.75 Å². The summed E-state index contributed by atoms with van der Waals surface area (Å²) >= 11 is 0. The van der Waals surface area contributed by atoms with E-state index < -0.39 is 23.0 Å². The molecular formula is C18H21N3O5. The van der Waals surface area contributed by atoms with Crippen molar-refractivity contribution in [2.24, 2.45) is 0 Å². The quantitative estimate of drug-likeness (QED) is 0.686.